The van der Waals surface area contributed by atoms with Crippen LogP contribution >= 0.6 is 0 Å². The molecule has 3 rings (SSSR count). The first kappa shape index (κ1) is 16.4. The van der Waals surface area contributed by atoms with Gasteiger partial charge in [0.25, 0.3) is 5.91 Å². The van der Waals surface area contributed by atoms with E-state index >= 15 is 0 Å². The van der Waals surface area contributed by atoms with Gasteiger partial charge in [0.2, 0.25) is 0 Å². The fourth-order valence-electron chi connectivity index (χ4n) is 2.93. The number of amides is 1. The maximum Gasteiger partial charge on any atom is 0.273 e. The van der Waals surface area contributed by atoms with E-state index in [1.54, 1.807) is 23.1 Å². The van der Waals surface area contributed by atoms with Gasteiger partial charge in [0, 0.05) is 13.0 Å². The third-order valence-electron chi connectivity index (χ3n) is 4.33. The number of carbonyl (C=O) groups is 1. The summed E-state index contributed by atoms with van der Waals surface area (Å²) in [5, 5.41) is 4.59. The maximum atomic E-state index is 12.7. The Balaban J connectivity index is 1.79. The highest BCUT2D eigenvalue weighted by molar-refractivity contribution is 5.93. The molecule has 2 N–H and O–H groups in total. The molecule has 0 fully saturated rings. The van der Waals surface area contributed by atoms with Crippen molar-refractivity contribution >= 4 is 11.7 Å². The van der Waals surface area contributed by atoms with Crippen molar-refractivity contribution in [2.24, 2.45) is 5.92 Å². The molecule has 7 nitrogen and oxygen atoms in total. The normalized spacial score (nSPS) is 17.2. The van der Waals surface area contributed by atoms with E-state index < -0.39 is 0 Å². The molecule has 0 aromatic carbocycles. The Bertz CT molecular complexity index is 738. The van der Waals surface area contributed by atoms with E-state index in [1.165, 1.54) is 0 Å². The largest absolute Gasteiger partial charge is 0.384 e. The second-order valence-corrected chi connectivity index (χ2v) is 6.66. The first-order chi connectivity index (χ1) is 11.5. The van der Waals surface area contributed by atoms with Crippen molar-refractivity contribution in [3.8, 4) is 0 Å². The van der Waals surface area contributed by atoms with E-state index in [-0.39, 0.29) is 11.9 Å². The van der Waals surface area contributed by atoms with Gasteiger partial charge in [-0.25, -0.2) is 14.6 Å². The molecule has 0 saturated carbocycles. The highest BCUT2D eigenvalue weighted by Crippen LogP contribution is 2.25. The topological polar surface area (TPSA) is 89.9 Å². The minimum absolute atomic E-state index is 0.118. The van der Waals surface area contributed by atoms with Crippen LogP contribution in [-0.4, -0.2) is 37.1 Å². The molecule has 0 unspecified atom stereocenters. The van der Waals surface area contributed by atoms with Crippen molar-refractivity contribution in [1.29, 1.82) is 0 Å². The van der Waals surface area contributed by atoms with Crippen molar-refractivity contribution < 1.29 is 4.79 Å². The van der Waals surface area contributed by atoms with Gasteiger partial charge in [-0.05, 0) is 31.4 Å². The summed E-state index contributed by atoms with van der Waals surface area (Å²) in [6, 6.07) is 4.98. The summed E-state index contributed by atoms with van der Waals surface area (Å²) in [6.45, 7) is 7.62. The number of hydrogen-bond donors (Lipinski definition) is 1. The average Bonchev–Trinajstić information content (AvgIpc) is 2.97. The molecule has 0 saturated heterocycles. The monoisotopic (exact) mass is 328 g/mol. The molecule has 1 aliphatic rings. The number of aryl methyl sites for hydroxylation is 1. The van der Waals surface area contributed by atoms with E-state index in [0.29, 0.717) is 30.5 Å². The summed E-state index contributed by atoms with van der Waals surface area (Å²) in [5.41, 5.74) is 6.06. The second-order valence-electron chi connectivity index (χ2n) is 6.66. The van der Waals surface area contributed by atoms with Crippen LogP contribution in [0.5, 0.6) is 0 Å². The number of nitrogens with two attached hydrogens (primary N) is 1. The fourth-order valence-corrected chi connectivity index (χ4v) is 2.93. The number of nitrogens with zero attached hydrogens (tertiary/aromatic N) is 5. The predicted molar refractivity (Wildman–Crippen MR) is 91.3 cm³/mol. The SMILES string of the molecule is CC(C)CCc1nc2n(n1)CCN(C(=O)c1cccc(N)n1)[C@@H]2C. The fraction of sp³-hybridized carbons (Fsp3) is 0.529. The van der Waals surface area contributed by atoms with Crippen molar-refractivity contribution in [3.63, 3.8) is 0 Å². The van der Waals surface area contributed by atoms with Crippen molar-refractivity contribution in [2.75, 3.05) is 12.3 Å². The molecule has 2 aromatic rings. The number of pyridine rings is 1. The van der Waals surface area contributed by atoms with Crippen molar-refractivity contribution in [2.45, 2.75) is 46.2 Å². The van der Waals surface area contributed by atoms with Gasteiger partial charge in [0.1, 0.15) is 17.3 Å². The van der Waals surface area contributed by atoms with Gasteiger partial charge in [0.15, 0.2) is 5.82 Å². The summed E-state index contributed by atoms with van der Waals surface area (Å²) in [5.74, 6) is 2.56. The summed E-state index contributed by atoms with van der Waals surface area (Å²) in [7, 11) is 0. The standard InChI is InChI=1S/C17H24N6O/c1-11(2)7-8-15-20-16-12(3)22(9-10-23(16)21-15)17(24)13-5-4-6-14(18)19-13/h4-6,11-12H,7-10H2,1-3H3,(H2,18,19)/t12-/m1/s1. The van der Waals surface area contributed by atoms with Gasteiger partial charge >= 0.3 is 0 Å². The van der Waals surface area contributed by atoms with Gasteiger partial charge < -0.3 is 10.6 Å². The zero-order valence-corrected chi connectivity index (χ0v) is 14.4. The van der Waals surface area contributed by atoms with Gasteiger partial charge in [0.05, 0.1) is 12.6 Å². The molecule has 1 amide bonds. The maximum absolute atomic E-state index is 12.7. The van der Waals surface area contributed by atoms with Gasteiger partial charge in [-0.15, -0.1) is 0 Å². The molecule has 2 aromatic heterocycles. The number of nitrogen functional groups attached to an aromatic ring is 1. The van der Waals surface area contributed by atoms with Crippen LogP contribution in [0.15, 0.2) is 18.2 Å². The molecule has 1 atom stereocenters. The molecule has 128 valence electrons. The Kier molecular flexibility index (Phi) is 4.51. The van der Waals surface area contributed by atoms with Crippen molar-refractivity contribution in [3.05, 3.63) is 35.5 Å². The van der Waals surface area contributed by atoms with E-state index in [0.717, 1.165) is 24.5 Å². The molecule has 0 aliphatic carbocycles. The first-order valence-electron chi connectivity index (χ1n) is 8.43. The minimum atomic E-state index is -0.130. The highest BCUT2D eigenvalue weighted by atomic mass is 16.2. The van der Waals surface area contributed by atoms with Gasteiger partial charge in [-0.2, -0.15) is 5.10 Å². The van der Waals surface area contributed by atoms with Crippen LogP contribution in [0.4, 0.5) is 5.82 Å². The smallest absolute Gasteiger partial charge is 0.273 e. The predicted octanol–water partition coefficient (Wildman–Crippen LogP) is 2.06. The lowest BCUT2D eigenvalue weighted by atomic mass is 10.1. The van der Waals surface area contributed by atoms with E-state index in [4.69, 9.17) is 5.73 Å². The lowest BCUT2D eigenvalue weighted by Gasteiger charge is -2.32. The molecular formula is C17H24N6O. The molecular weight excluding hydrogens is 304 g/mol. The Hall–Kier alpha value is -2.44. The van der Waals surface area contributed by atoms with Crippen LogP contribution in [0.2, 0.25) is 0 Å². The first-order valence-corrected chi connectivity index (χ1v) is 8.43. The highest BCUT2D eigenvalue weighted by Gasteiger charge is 2.31. The number of anilines is 1. The molecule has 7 heteroatoms. The molecule has 0 spiro atoms. The number of aromatic nitrogens is 4. The minimum Gasteiger partial charge on any atom is -0.384 e. The lowest BCUT2D eigenvalue weighted by Crippen LogP contribution is -2.41. The van der Waals surface area contributed by atoms with E-state index in [1.807, 2.05) is 11.6 Å². The van der Waals surface area contributed by atoms with Crippen molar-refractivity contribution in [1.82, 2.24) is 24.6 Å². The third-order valence-corrected chi connectivity index (χ3v) is 4.33. The lowest BCUT2D eigenvalue weighted by molar-refractivity contribution is 0.0625. The quantitative estimate of drug-likeness (QED) is 0.928. The summed E-state index contributed by atoms with van der Waals surface area (Å²) < 4.78 is 1.93. The van der Waals surface area contributed by atoms with Crippen LogP contribution in [0, 0.1) is 5.92 Å². The molecule has 3 heterocycles. The molecule has 24 heavy (non-hydrogen) atoms. The Morgan fingerprint density at radius 2 is 2.12 bits per heavy atom. The van der Waals surface area contributed by atoms with Crippen LogP contribution in [0.25, 0.3) is 0 Å². The Morgan fingerprint density at radius 1 is 1.33 bits per heavy atom. The van der Waals surface area contributed by atoms with Crippen LogP contribution < -0.4 is 5.73 Å². The number of carbonyl (C=O) groups excluding carboxylic acids is 1. The number of hydrogen-bond acceptors (Lipinski definition) is 5. The Labute approximate surface area is 141 Å². The number of rotatable bonds is 4. The molecule has 0 radical (unpaired) electrons. The van der Waals surface area contributed by atoms with Crippen LogP contribution in [-0.2, 0) is 13.0 Å². The van der Waals surface area contributed by atoms with E-state index in [2.05, 4.69) is 28.9 Å². The zero-order chi connectivity index (χ0) is 17.3. The van der Waals surface area contributed by atoms with E-state index in [9.17, 15) is 4.79 Å². The second kappa shape index (κ2) is 6.59. The molecule has 0 bridgehead atoms. The summed E-state index contributed by atoms with van der Waals surface area (Å²) in [4.78, 5) is 23.3. The van der Waals surface area contributed by atoms with Crippen LogP contribution in [0.1, 0.15) is 55.4 Å². The molecule has 1 aliphatic heterocycles. The number of fused-ring (bicyclic) bond motifs is 1. The zero-order valence-electron chi connectivity index (χ0n) is 14.4. The Morgan fingerprint density at radius 3 is 2.83 bits per heavy atom. The third kappa shape index (κ3) is 3.25. The van der Waals surface area contributed by atoms with Gasteiger partial charge in [-0.1, -0.05) is 19.9 Å². The van der Waals surface area contributed by atoms with Gasteiger partial charge in [-0.3, -0.25) is 4.79 Å². The van der Waals surface area contributed by atoms with Crippen LogP contribution in [0.3, 0.4) is 0 Å². The summed E-state index contributed by atoms with van der Waals surface area (Å²) in [6.07, 6.45) is 1.93. The summed E-state index contributed by atoms with van der Waals surface area (Å²) >= 11 is 0. The average molecular weight is 328 g/mol.